The second-order valence-electron chi connectivity index (χ2n) is 6.07. The molecule has 1 aromatic heterocycles. The van der Waals surface area contributed by atoms with Crippen LogP contribution in [0, 0.1) is 13.8 Å². The second kappa shape index (κ2) is 9.72. The Balaban J connectivity index is 0.00000261. The van der Waals surface area contributed by atoms with Crippen molar-refractivity contribution in [1.82, 2.24) is 20.2 Å². The summed E-state index contributed by atoms with van der Waals surface area (Å²) in [6, 6.07) is 13.3. The van der Waals surface area contributed by atoms with Crippen LogP contribution in [0.1, 0.15) is 11.1 Å². The molecule has 134 valence electrons. The van der Waals surface area contributed by atoms with Gasteiger partial charge in [0, 0.05) is 23.6 Å². The van der Waals surface area contributed by atoms with Gasteiger partial charge in [-0.3, -0.25) is 4.79 Å². The topological polar surface area (TPSA) is 75.9 Å². The van der Waals surface area contributed by atoms with Crippen LogP contribution in [0.2, 0.25) is 0 Å². The molecule has 0 unspecified atom stereocenters. The molecule has 0 saturated carbocycles. The van der Waals surface area contributed by atoms with Crippen LogP contribution in [-0.2, 0) is 17.4 Å². The fraction of sp³-hybridized carbons (Fsp3) is 0.222. The van der Waals surface area contributed by atoms with Crippen molar-refractivity contribution >= 4 is 29.9 Å². The predicted molar refractivity (Wildman–Crippen MR) is 103 cm³/mol. The Bertz CT molecular complexity index is 925. The molecule has 0 saturated heterocycles. The molecule has 0 aliphatic carbocycles. The van der Waals surface area contributed by atoms with E-state index in [0.717, 1.165) is 16.8 Å². The molecular formula is C18H19KN6OS. The van der Waals surface area contributed by atoms with E-state index in [1.807, 2.05) is 62.2 Å². The van der Waals surface area contributed by atoms with E-state index < -0.39 is 0 Å². The number of carbonyl (C=O) groups excluding carboxylic acids is 1. The van der Waals surface area contributed by atoms with Crippen molar-refractivity contribution < 1.29 is 56.2 Å². The molecule has 0 radical (unpaired) electrons. The largest absolute Gasteiger partial charge is 1.00 e. The number of anilines is 2. The van der Waals surface area contributed by atoms with Gasteiger partial charge in [0.2, 0.25) is 5.91 Å². The molecule has 0 bridgehead atoms. The third-order valence-electron chi connectivity index (χ3n) is 4.02. The van der Waals surface area contributed by atoms with Gasteiger partial charge in [-0.15, -0.1) is 5.10 Å². The number of hydrogen-bond acceptors (Lipinski definition) is 6. The number of aromatic nitrogens is 4. The molecule has 3 rings (SSSR count). The van der Waals surface area contributed by atoms with Crippen molar-refractivity contribution in [3.63, 3.8) is 0 Å². The maximum Gasteiger partial charge on any atom is 1.00 e. The maximum absolute atomic E-state index is 12.5. The minimum Gasteiger partial charge on any atom is -0.738 e. The van der Waals surface area contributed by atoms with Gasteiger partial charge < -0.3 is 22.8 Å². The van der Waals surface area contributed by atoms with Crippen molar-refractivity contribution in [3.05, 3.63) is 53.6 Å². The fourth-order valence-electron chi connectivity index (χ4n) is 2.96. The molecule has 7 nitrogen and oxygen atoms in total. The Morgan fingerprint density at radius 1 is 1.19 bits per heavy atom. The van der Waals surface area contributed by atoms with E-state index in [9.17, 15) is 4.79 Å². The van der Waals surface area contributed by atoms with Crippen LogP contribution in [0.5, 0.6) is 0 Å². The number of benzene rings is 2. The Kier molecular flexibility index (Phi) is 7.89. The third kappa shape index (κ3) is 5.34. The predicted octanol–water partition coefficient (Wildman–Crippen LogP) is -0.736. The van der Waals surface area contributed by atoms with E-state index in [4.69, 9.17) is 12.6 Å². The SMILES string of the molecule is Cc1cccc(C)c1N(C)CC(=O)Nc1cccc(-n2nnnc2[S-])c1.[K+]. The average Bonchev–Trinajstić information content (AvgIpc) is 3.01. The van der Waals surface area contributed by atoms with E-state index in [0.29, 0.717) is 11.4 Å². The number of para-hydroxylation sites is 1. The number of nitrogens with zero attached hydrogens (tertiary/aromatic N) is 5. The first kappa shape index (κ1) is 21.9. The number of amides is 1. The summed E-state index contributed by atoms with van der Waals surface area (Å²) in [6.45, 7) is 4.32. The summed E-state index contributed by atoms with van der Waals surface area (Å²) in [7, 11) is 1.91. The number of rotatable bonds is 5. The molecule has 2 aromatic carbocycles. The average molecular weight is 407 g/mol. The minimum atomic E-state index is -0.109. The summed E-state index contributed by atoms with van der Waals surface area (Å²) >= 11 is 5.07. The molecule has 0 fully saturated rings. The molecule has 1 N–H and O–H groups in total. The first-order chi connectivity index (χ1) is 12.5. The van der Waals surface area contributed by atoms with Crippen LogP contribution in [0.15, 0.2) is 47.6 Å². The normalized spacial score (nSPS) is 10.2. The number of nitrogens with one attached hydrogen (secondary N) is 1. The summed E-state index contributed by atoms with van der Waals surface area (Å²) in [6.07, 6.45) is 0. The Morgan fingerprint density at radius 3 is 2.48 bits per heavy atom. The zero-order valence-electron chi connectivity index (χ0n) is 15.8. The first-order valence-electron chi connectivity index (χ1n) is 8.09. The summed E-state index contributed by atoms with van der Waals surface area (Å²) in [5.74, 6) is -0.109. The standard InChI is InChI=1S/C18H20N6OS.K/c1-12-6-4-7-13(2)17(12)23(3)11-16(25)19-14-8-5-9-15(10-14)24-18(26)20-21-22-24;/h4-10H,11H2,1-3H3,(H,19,25)(H,20,22,26);/q;+1/p-1. The van der Waals surface area contributed by atoms with Gasteiger partial charge in [-0.2, -0.15) is 0 Å². The minimum absolute atomic E-state index is 0. The Labute approximate surface area is 206 Å². The summed E-state index contributed by atoms with van der Waals surface area (Å²) in [4.78, 5) is 14.4. The zero-order chi connectivity index (χ0) is 18.7. The van der Waals surface area contributed by atoms with Crippen molar-refractivity contribution in [3.8, 4) is 5.69 Å². The van der Waals surface area contributed by atoms with Crippen LogP contribution < -0.4 is 61.6 Å². The van der Waals surface area contributed by atoms with E-state index in [1.54, 1.807) is 6.07 Å². The Hall–Kier alpha value is -1.36. The fourth-order valence-corrected chi connectivity index (χ4v) is 3.14. The summed E-state index contributed by atoms with van der Waals surface area (Å²) in [5, 5.41) is 14.3. The van der Waals surface area contributed by atoms with E-state index in [2.05, 4.69) is 20.8 Å². The van der Waals surface area contributed by atoms with Crippen LogP contribution in [-0.4, -0.2) is 39.7 Å². The molecule has 0 aliphatic heterocycles. The van der Waals surface area contributed by atoms with Crippen molar-refractivity contribution in [2.75, 3.05) is 23.8 Å². The number of likely N-dealkylation sites (N-methyl/N-ethyl adjacent to an activating group) is 1. The van der Waals surface area contributed by atoms with Gasteiger partial charge in [0.05, 0.1) is 12.2 Å². The van der Waals surface area contributed by atoms with Gasteiger partial charge in [-0.05, 0) is 53.6 Å². The summed E-state index contributed by atoms with van der Waals surface area (Å²) < 4.78 is 1.44. The van der Waals surface area contributed by atoms with Crippen LogP contribution in [0.25, 0.3) is 5.69 Å². The number of carbonyl (C=O) groups is 1. The van der Waals surface area contributed by atoms with E-state index >= 15 is 0 Å². The van der Waals surface area contributed by atoms with E-state index in [-0.39, 0.29) is 69.0 Å². The number of aryl methyl sites for hydroxylation is 2. The zero-order valence-corrected chi connectivity index (χ0v) is 19.7. The van der Waals surface area contributed by atoms with Gasteiger partial charge in [0.1, 0.15) is 0 Å². The molecule has 1 heterocycles. The van der Waals surface area contributed by atoms with Crippen molar-refractivity contribution in [2.45, 2.75) is 19.0 Å². The summed E-state index contributed by atoms with van der Waals surface area (Å²) in [5.41, 5.74) is 4.70. The molecule has 3 aromatic rings. The van der Waals surface area contributed by atoms with Crippen molar-refractivity contribution in [1.29, 1.82) is 0 Å². The number of tetrazole rings is 1. The molecule has 1 amide bonds. The molecular weight excluding hydrogens is 387 g/mol. The molecule has 9 heteroatoms. The van der Waals surface area contributed by atoms with Gasteiger partial charge in [0.25, 0.3) is 0 Å². The maximum atomic E-state index is 12.5. The van der Waals surface area contributed by atoms with Gasteiger partial charge in [-0.1, -0.05) is 24.3 Å². The van der Waals surface area contributed by atoms with Crippen LogP contribution in [0.4, 0.5) is 11.4 Å². The van der Waals surface area contributed by atoms with Crippen LogP contribution >= 0.6 is 0 Å². The van der Waals surface area contributed by atoms with Crippen molar-refractivity contribution in [2.24, 2.45) is 0 Å². The smallest absolute Gasteiger partial charge is 0.738 e. The number of hydrogen-bond donors (Lipinski definition) is 1. The van der Waals surface area contributed by atoms with Crippen LogP contribution in [0.3, 0.4) is 0 Å². The van der Waals surface area contributed by atoms with E-state index in [1.165, 1.54) is 4.68 Å². The van der Waals surface area contributed by atoms with Gasteiger partial charge >= 0.3 is 51.4 Å². The Morgan fingerprint density at radius 2 is 1.85 bits per heavy atom. The van der Waals surface area contributed by atoms with Gasteiger partial charge in [0.15, 0.2) is 0 Å². The molecule has 0 spiro atoms. The molecule has 0 atom stereocenters. The molecule has 27 heavy (non-hydrogen) atoms. The third-order valence-corrected chi connectivity index (χ3v) is 4.27. The monoisotopic (exact) mass is 406 g/mol. The van der Waals surface area contributed by atoms with Gasteiger partial charge in [-0.25, -0.2) is 4.68 Å². The molecule has 0 aliphatic rings. The quantitative estimate of drug-likeness (QED) is 0.445. The first-order valence-corrected chi connectivity index (χ1v) is 8.49. The second-order valence-corrected chi connectivity index (χ2v) is 6.43.